The molecule has 2 aromatic carbocycles. The highest BCUT2D eigenvalue weighted by Gasteiger charge is 2.13. The smallest absolute Gasteiger partial charge is 0.257 e. The van der Waals surface area contributed by atoms with Crippen molar-refractivity contribution in [2.75, 3.05) is 6.61 Å². The molecule has 2 rings (SSSR count). The second kappa shape index (κ2) is 9.03. The molecule has 1 amide bonds. The van der Waals surface area contributed by atoms with Gasteiger partial charge in [0.05, 0.1) is 12.6 Å². The molecule has 0 aliphatic heterocycles. The van der Waals surface area contributed by atoms with E-state index < -0.39 is 0 Å². The van der Waals surface area contributed by atoms with E-state index in [1.807, 2.05) is 37.3 Å². The van der Waals surface area contributed by atoms with Crippen molar-refractivity contribution >= 4 is 23.2 Å². The fourth-order valence-corrected chi connectivity index (χ4v) is 2.58. The zero-order chi connectivity index (χ0) is 17.4. The Balaban J connectivity index is 1.94. The minimum absolute atomic E-state index is 0.0688. The molecule has 0 aromatic heterocycles. The number of nitrogens with one attached hydrogen (secondary N) is 2. The van der Waals surface area contributed by atoms with Crippen LogP contribution in [-0.2, 0) is 0 Å². The van der Waals surface area contributed by atoms with E-state index in [4.69, 9.17) is 17.0 Å². The lowest BCUT2D eigenvalue weighted by Gasteiger charge is -2.19. The van der Waals surface area contributed by atoms with Crippen LogP contribution in [0.5, 0.6) is 5.75 Å². The maximum atomic E-state index is 12.3. The summed E-state index contributed by atoms with van der Waals surface area (Å²) in [5.41, 5.74) is 1.67. The molecule has 0 radical (unpaired) electrons. The number of benzene rings is 2. The minimum atomic E-state index is -0.238. The predicted molar refractivity (Wildman–Crippen MR) is 100 cm³/mol. The third kappa shape index (κ3) is 5.06. The normalized spacial score (nSPS) is 11.4. The lowest BCUT2D eigenvalue weighted by molar-refractivity contribution is 0.0976. The molecule has 0 spiro atoms. The zero-order valence-corrected chi connectivity index (χ0v) is 14.7. The minimum Gasteiger partial charge on any atom is -0.494 e. The molecule has 2 aromatic rings. The predicted octanol–water partition coefficient (Wildman–Crippen LogP) is 3.84. The van der Waals surface area contributed by atoms with E-state index in [0.29, 0.717) is 17.3 Å². The molecule has 1 atom stereocenters. The highest BCUT2D eigenvalue weighted by Crippen LogP contribution is 2.16. The highest BCUT2D eigenvalue weighted by atomic mass is 32.1. The lowest BCUT2D eigenvalue weighted by Crippen LogP contribution is -2.40. The third-order valence-electron chi connectivity index (χ3n) is 3.57. The van der Waals surface area contributed by atoms with Crippen molar-refractivity contribution in [1.29, 1.82) is 0 Å². The van der Waals surface area contributed by atoms with Gasteiger partial charge in [-0.2, -0.15) is 0 Å². The Morgan fingerprint density at radius 1 is 1.08 bits per heavy atom. The van der Waals surface area contributed by atoms with Crippen LogP contribution in [0.3, 0.4) is 0 Å². The first-order valence-electron chi connectivity index (χ1n) is 8.03. The van der Waals surface area contributed by atoms with Crippen LogP contribution in [0.25, 0.3) is 0 Å². The van der Waals surface area contributed by atoms with Gasteiger partial charge in [0.2, 0.25) is 0 Å². The maximum absolute atomic E-state index is 12.3. The fraction of sp³-hybridized carbons (Fsp3) is 0.263. The summed E-state index contributed by atoms with van der Waals surface area (Å²) in [7, 11) is 0. The maximum Gasteiger partial charge on any atom is 0.257 e. The largest absolute Gasteiger partial charge is 0.494 e. The second-order valence-corrected chi connectivity index (χ2v) is 5.66. The van der Waals surface area contributed by atoms with E-state index in [-0.39, 0.29) is 11.9 Å². The summed E-state index contributed by atoms with van der Waals surface area (Å²) in [6.45, 7) is 4.58. The van der Waals surface area contributed by atoms with Gasteiger partial charge in [-0.15, -0.1) is 0 Å². The molecule has 0 fully saturated rings. The molecule has 2 N–H and O–H groups in total. The Kier molecular flexibility index (Phi) is 6.75. The number of amides is 1. The van der Waals surface area contributed by atoms with Crippen LogP contribution in [0.15, 0.2) is 54.6 Å². The summed E-state index contributed by atoms with van der Waals surface area (Å²) in [4.78, 5) is 12.3. The molecular formula is C19H22N2O2S. The Morgan fingerprint density at radius 3 is 2.33 bits per heavy atom. The average molecular weight is 342 g/mol. The number of ether oxygens (including phenoxy) is 1. The molecular weight excluding hydrogens is 320 g/mol. The third-order valence-corrected chi connectivity index (χ3v) is 3.79. The van der Waals surface area contributed by atoms with Gasteiger partial charge in [0, 0.05) is 5.56 Å². The van der Waals surface area contributed by atoms with Crippen LogP contribution in [0, 0.1) is 0 Å². The molecule has 4 nitrogen and oxygen atoms in total. The molecule has 0 aliphatic rings. The van der Waals surface area contributed by atoms with Gasteiger partial charge in [-0.05, 0) is 55.4 Å². The zero-order valence-electron chi connectivity index (χ0n) is 13.9. The average Bonchev–Trinajstić information content (AvgIpc) is 2.61. The SMILES string of the molecule is CCOc1ccc(C(=O)NC(=S)NC(CC)c2ccccc2)cc1. The van der Waals surface area contributed by atoms with Crippen molar-refractivity contribution in [2.24, 2.45) is 0 Å². The molecule has 0 saturated heterocycles. The topological polar surface area (TPSA) is 50.4 Å². The number of hydrogen-bond donors (Lipinski definition) is 2. The Labute approximate surface area is 148 Å². The van der Waals surface area contributed by atoms with Crippen LogP contribution < -0.4 is 15.4 Å². The van der Waals surface area contributed by atoms with Gasteiger partial charge in [-0.3, -0.25) is 10.1 Å². The van der Waals surface area contributed by atoms with Gasteiger partial charge in [0.1, 0.15) is 5.75 Å². The first kappa shape index (κ1) is 17.9. The molecule has 0 bridgehead atoms. The van der Waals surface area contributed by atoms with Crippen LogP contribution in [0.4, 0.5) is 0 Å². The van der Waals surface area contributed by atoms with E-state index in [2.05, 4.69) is 17.6 Å². The molecule has 126 valence electrons. The first-order chi connectivity index (χ1) is 11.6. The Morgan fingerprint density at radius 2 is 1.75 bits per heavy atom. The van der Waals surface area contributed by atoms with Crippen LogP contribution in [0.2, 0.25) is 0 Å². The van der Waals surface area contributed by atoms with Crippen molar-refractivity contribution in [3.8, 4) is 5.75 Å². The number of carbonyl (C=O) groups excluding carboxylic acids is 1. The van der Waals surface area contributed by atoms with Gasteiger partial charge < -0.3 is 10.1 Å². The van der Waals surface area contributed by atoms with Crippen LogP contribution in [-0.4, -0.2) is 17.6 Å². The molecule has 1 unspecified atom stereocenters. The summed E-state index contributed by atoms with van der Waals surface area (Å²) in [5, 5.41) is 6.24. The highest BCUT2D eigenvalue weighted by molar-refractivity contribution is 7.80. The number of carbonyl (C=O) groups is 1. The fourth-order valence-electron chi connectivity index (χ4n) is 2.35. The van der Waals surface area contributed by atoms with Gasteiger partial charge in [-0.25, -0.2) is 0 Å². The van der Waals surface area contributed by atoms with Crippen molar-refractivity contribution in [2.45, 2.75) is 26.3 Å². The number of hydrogen-bond acceptors (Lipinski definition) is 3. The number of thiocarbonyl (C=S) groups is 1. The molecule has 0 saturated carbocycles. The standard InChI is InChI=1S/C19H22N2O2S/c1-3-17(14-8-6-5-7-9-14)20-19(24)21-18(22)15-10-12-16(13-11-15)23-4-2/h5-13,17H,3-4H2,1-2H3,(H2,20,21,22,24). The summed E-state index contributed by atoms with van der Waals surface area (Å²) in [5.74, 6) is 0.503. The lowest BCUT2D eigenvalue weighted by atomic mass is 10.1. The molecule has 24 heavy (non-hydrogen) atoms. The van der Waals surface area contributed by atoms with Gasteiger partial charge in [0.15, 0.2) is 5.11 Å². The van der Waals surface area contributed by atoms with Crippen LogP contribution >= 0.6 is 12.2 Å². The molecule has 5 heteroatoms. The van der Waals surface area contributed by atoms with Crippen molar-refractivity contribution in [1.82, 2.24) is 10.6 Å². The Bertz CT molecular complexity index is 672. The van der Waals surface area contributed by atoms with E-state index in [0.717, 1.165) is 17.7 Å². The van der Waals surface area contributed by atoms with E-state index in [1.165, 1.54) is 0 Å². The van der Waals surface area contributed by atoms with E-state index in [1.54, 1.807) is 24.3 Å². The van der Waals surface area contributed by atoms with Crippen molar-refractivity contribution in [3.05, 3.63) is 65.7 Å². The van der Waals surface area contributed by atoms with Crippen molar-refractivity contribution in [3.63, 3.8) is 0 Å². The van der Waals surface area contributed by atoms with Gasteiger partial charge >= 0.3 is 0 Å². The molecule has 0 heterocycles. The quantitative estimate of drug-likeness (QED) is 0.783. The van der Waals surface area contributed by atoms with Crippen LogP contribution in [0.1, 0.15) is 42.2 Å². The van der Waals surface area contributed by atoms with E-state index >= 15 is 0 Å². The summed E-state index contributed by atoms with van der Waals surface area (Å²) in [6, 6.07) is 17.1. The second-order valence-electron chi connectivity index (χ2n) is 5.26. The van der Waals surface area contributed by atoms with Gasteiger partial charge in [0.25, 0.3) is 5.91 Å². The summed E-state index contributed by atoms with van der Waals surface area (Å²) < 4.78 is 5.37. The first-order valence-corrected chi connectivity index (χ1v) is 8.44. The summed E-state index contributed by atoms with van der Waals surface area (Å²) in [6.07, 6.45) is 0.864. The monoisotopic (exact) mass is 342 g/mol. The van der Waals surface area contributed by atoms with E-state index in [9.17, 15) is 4.79 Å². The Hall–Kier alpha value is -2.40. The number of rotatable bonds is 6. The van der Waals surface area contributed by atoms with Crippen molar-refractivity contribution < 1.29 is 9.53 Å². The summed E-state index contributed by atoms with van der Waals surface area (Å²) >= 11 is 5.27. The molecule has 0 aliphatic carbocycles. The van der Waals surface area contributed by atoms with Gasteiger partial charge in [-0.1, -0.05) is 37.3 Å².